The molecule has 0 saturated heterocycles. The third-order valence-electron chi connectivity index (χ3n) is 2.04. The summed E-state index contributed by atoms with van der Waals surface area (Å²) in [6, 6.07) is 3.72. The molecule has 1 heterocycles. The van der Waals surface area contributed by atoms with E-state index in [0.29, 0.717) is 16.5 Å². The zero-order chi connectivity index (χ0) is 11.0. The molecule has 1 aromatic heterocycles. The SMILES string of the molecule is CC(C)Cc1nc2cc(Br)cc(Cl)c2o1. The van der Waals surface area contributed by atoms with Crippen LogP contribution in [0.4, 0.5) is 0 Å². The van der Waals surface area contributed by atoms with Gasteiger partial charge in [0.15, 0.2) is 11.5 Å². The lowest BCUT2D eigenvalue weighted by Gasteiger charge is -1.97. The van der Waals surface area contributed by atoms with E-state index in [-0.39, 0.29) is 0 Å². The van der Waals surface area contributed by atoms with Crippen molar-refractivity contribution in [2.24, 2.45) is 5.92 Å². The van der Waals surface area contributed by atoms with Crippen molar-refractivity contribution >= 4 is 38.6 Å². The standard InChI is InChI=1S/C11H11BrClNO/c1-6(2)3-10-14-9-5-7(12)4-8(13)11(9)15-10/h4-6H,3H2,1-2H3. The Morgan fingerprint density at radius 1 is 1.47 bits per heavy atom. The number of hydrogen-bond acceptors (Lipinski definition) is 2. The highest BCUT2D eigenvalue weighted by molar-refractivity contribution is 9.10. The molecule has 0 fully saturated rings. The average Bonchev–Trinajstić information content (AvgIpc) is 2.45. The molecule has 0 N–H and O–H groups in total. The van der Waals surface area contributed by atoms with Gasteiger partial charge in [-0.25, -0.2) is 4.98 Å². The quantitative estimate of drug-likeness (QED) is 0.816. The minimum atomic E-state index is 0.528. The largest absolute Gasteiger partial charge is 0.439 e. The van der Waals surface area contributed by atoms with Gasteiger partial charge in [-0.2, -0.15) is 0 Å². The first-order valence-electron chi connectivity index (χ1n) is 4.80. The third-order valence-corrected chi connectivity index (χ3v) is 2.78. The number of halogens is 2. The summed E-state index contributed by atoms with van der Waals surface area (Å²) in [6.07, 6.45) is 0.836. The molecule has 0 aliphatic heterocycles. The van der Waals surface area contributed by atoms with E-state index < -0.39 is 0 Å². The molecule has 0 spiro atoms. The van der Waals surface area contributed by atoms with E-state index in [9.17, 15) is 0 Å². The predicted molar refractivity (Wildman–Crippen MR) is 65.3 cm³/mol. The van der Waals surface area contributed by atoms with Crippen molar-refractivity contribution in [1.82, 2.24) is 4.98 Å². The van der Waals surface area contributed by atoms with Gasteiger partial charge in [0.2, 0.25) is 0 Å². The van der Waals surface area contributed by atoms with Gasteiger partial charge < -0.3 is 4.42 Å². The summed E-state index contributed by atoms with van der Waals surface area (Å²) in [7, 11) is 0. The first-order chi connectivity index (χ1) is 7.06. The Balaban J connectivity index is 2.50. The monoisotopic (exact) mass is 287 g/mol. The van der Waals surface area contributed by atoms with Gasteiger partial charge >= 0.3 is 0 Å². The summed E-state index contributed by atoms with van der Waals surface area (Å²) >= 11 is 9.43. The molecule has 4 heteroatoms. The molecule has 2 nitrogen and oxygen atoms in total. The molecule has 2 rings (SSSR count). The fourth-order valence-corrected chi connectivity index (χ4v) is 2.27. The molecule has 1 aromatic carbocycles. The van der Waals surface area contributed by atoms with Crippen LogP contribution in [0.5, 0.6) is 0 Å². The summed E-state index contributed by atoms with van der Waals surface area (Å²) in [5.74, 6) is 1.28. The van der Waals surface area contributed by atoms with E-state index in [4.69, 9.17) is 16.0 Å². The number of fused-ring (bicyclic) bond motifs is 1. The Labute approximate surface area is 102 Å². The Bertz CT molecular complexity index is 493. The second-order valence-corrected chi connectivity index (χ2v) is 5.26. The number of aromatic nitrogens is 1. The fourth-order valence-electron chi connectivity index (χ4n) is 1.44. The van der Waals surface area contributed by atoms with Crippen molar-refractivity contribution in [1.29, 1.82) is 0 Å². The van der Waals surface area contributed by atoms with Crippen LogP contribution in [0.25, 0.3) is 11.1 Å². The molecule has 15 heavy (non-hydrogen) atoms. The maximum Gasteiger partial charge on any atom is 0.195 e. The summed E-state index contributed by atoms with van der Waals surface area (Å²) in [6.45, 7) is 4.26. The molecular weight excluding hydrogens is 277 g/mol. The van der Waals surface area contributed by atoms with Crippen LogP contribution in [0.2, 0.25) is 5.02 Å². The summed E-state index contributed by atoms with van der Waals surface area (Å²) in [4.78, 5) is 4.39. The van der Waals surface area contributed by atoms with Gasteiger partial charge in [-0.15, -0.1) is 0 Å². The maximum atomic E-state index is 6.05. The molecule has 0 amide bonds. The van der Waals surface area contributed by atoms with Gasteiger partial charge in [0.25, 0.3) is 0 Å². The van der Waals surface area contributed by atoms with E-state index in [2.05, 4.69) is 34.8 Å². The zero-order valence-corrected chi connectivity index (χ0v) is 10.9. The zero-order valence-electron chi connectivity index (χ0n) is 8.55. The number of hydrogen-bond donors (Lipinski definition) is 0. The smallest absolute Gasteiger partial charge is 0.195 e. The van der Waals surface area contributed by atoms with Crippen LogP contribution in [0, 0.1) is 5.92 Å². The Morgan fingerprint density at radius 2 is 2.20 bits per heavy atom. The van der Waals surface area contributed by atoms with Crippen LogP contribution in [0.15, 0.2) is 21.0 Å². The second-order valence-electron chi connectivity index (χ2n) is 3.94. The van der Waals surface area contributed by atoms with Crippen LogP contribution in [0.1, 0.15) is 19.7 Å². The minimum Gasteiger partial charge on any atom is -0.439 e. The van der Waals surface area contributed by atoms with Crippen molar-refractivity contribution in [3.63, 3.8) is 0 Å². The van der Waals surface area contributed by atoms with Gasteiger partial charge in [-0.05, 0) is 18.1 Å². The first kappa shape index (κ1) is 11.0. The van der Waals surface area contributed by atoms with Crippen LogP contribution >= 0.6 is 27.5 Å². The number of oxazole rings is 1. The lowest BCUT2D eigenvalue weighted by molar-refractivity contribution is 0.482. The number of rotatable bonds is 2. The van der Waals surface area contributed by atoms with E-state index in [1.807, 2.05) is 12.1 Å². The van der Waals surface area contributed by atoms with E-state index in [1.54, 1.807) is 0 Å². The van der Waals surface area contributed by atoms with Crippen LogP contribution in [-0.4, -0.2) is 4.98 Å². The van der Waals surface area contributed by atoms with E-state index in [0.717, 1.165) is 22.3 Å². The van der Waals surface area contributed by atoms with Crippen molar-refractivity contribution < 1.29 is 4.42 Å². The van der Waals surface area contributed by atoms with Crippen LogP contribution in [0.3, 0.4) is 0 Å². The summed E-state index contributed by atoms with van der Waals surface area (Å²) in [5, 5.41) is 0.599. The highest BCUT2D eigenvalue weighted by Crippen LogP contribution is 2.29. The molecule has 0 radical (unpaired) electrons. The van der Waals surface area contributed by atoms with Crippen molar-refractivity contribution in [3.8, 4) is 0 Å². The molecule has 0 atom stereocenters. The van der Waals surface area contributed by atoms with Crippen LogP contribution < -0.4 is 0 Å². The highest BCUT2D eigenvalue weighted by atomic mass is 79.9. The average molecular weight is 289 g/mol. The fraction of sp³-hybridized carbons (Fsp3) is 0.364. The first-order valence-corrected chi connectivity index (χ1v) is 5.98. The summed E-state index contributed by atoms with van der Waals surface area (Å²) < 4.78 is 6.52. The van der Waals surface area contributed by atoms with Gasteiger partial charge in [-0.1, -0.05) is 41.4 Å². The van der Waals surface area contributed by atoms with E-state index in [1.165, 1.54) is 0 Å². The van der Waals surface area contributed by atoms with Crippen molar-refractivity contribution in [3.05, 3.63) is 27.5 Å². The second kappa shape index (κ2) is 4.14. The van der Waals surface area contributed by atoms with Crippen molar-refractivity contribution in [2.45, 2.75) is 20.3 Å². The molecule has 0 unspecified atom stereocenters. The van der Waals surface area contributed by atoms with Gasteiger partial charge in [0.1, 0.15) is 5.52 Å². The molecule has 0 aliphatic carbocycles. The number of nitrogens with zero attached hydrogens (tertiary/aromatic N) is 1. The normalized spacial score (nSPS) is 11.5. The Morgan fingerprint density at radius 3 is 2.87 bits per heavy atom. The van der Waals surface area contributed by atoms with Crippen molar-refractivity contribution in [2.75, 3.05) is 0 Å². The summed E-state index contributed by atoms with van der Waals surface area (Å²) in [5.41, 5.74) is 1.49. The minimum absolute atomic E-state index is 0.528. The molecule has 80 valence electrons. The van der Waals surface area contributed by atoms with E-state index >= 15 is 0 Å². The molecule has 0 aliphatic rings. The topological polar surface area (TPSA) is 26.0 Å². The van der Waals surface area contributed by atoms with Gasteiger partial charge in [0, 0.05) is 10.9 Å². The Hall–Kier alpha value is -0.540. The third kappa shape index (κ3) is 2.34. The lowest BCUT2D eigenvalue weighted by Crippen LogP contribution is -1.93. The maximum absolute atomic E-state index is 6.05. The van der Waals surface area contributed by atoms with Crippen LogP contribution in [-0.2, 0) is 6.42 Å². The van der Waals surface area contributed by atoms with Gasteiger partial charge in [-0.3, -0.25) is 0 Å². The Kier molecular flexibility index (Phi) is 3.03. The molecule has 0 bridgehead atoms. The lowest BCUT2D eigenvalue weighted by atomic mass is 10.1. The molecule has 0 saturated carbocycles. The highest BCUT2D eigenvalue weighted by Gasteiger charge is 2.11. The predicted octanol–water partition coefficient (Wildman–Crippen LogP) is 4.44. The number of benzene rings is 1. The molecule has 2 aromatic rings. The molecular formula is C11H11BrClNO. The van der Waals surface area contributed by atoms with Gasteiger partial charge in [0.05, 0.1) is 5.02 Å².